The summed E-state index contributed by atoms with van der Waals surface area (Å²) in [6, 6.07) is 7.91. The molecule has 1 aromatic heterocycles. The minimum atomic E-state index is 0.147. The van der Waals surface area contributed by atoms with Gasteiger partial charge in [0.2, 0.25) is 6.79 Å². The summed E-state index contributed by atoms with van der Waals surface area (Å²) in [4.78, 5) is 13.5. The van der Waals surface area contributed by atoms with Gasteiger partial charge in [0.15, 0.2) is 23.0 Å². The lowest BCUT2D eigenvalue weighted by molar-refractivity contribution is 0.174. The molecule has 3 aromatic rings. The third-order valence-corrected chi connectivity index (χ3v) is 6.86. The Morgan fingerprint density at radius 2 is 2.03 bits per heavy atom. The summed E-state index contributed by atoms with van der Waals surface area (Å²) in [5.74, 6) is 3.38. The molecule has 0 spiro atoms. The van der Waals surface area contributed by atoms with Crippen LogP contribution in [-0.2, 0) is 6.54 Å². The lowest BCUT2D eigenvalue weighted by Crippen LogP contribution is -2.30. The fourth-order valence-electron chi connectivity index (χ4n) is 4.73. The fourth-order valence-corrected chi connectivity index (χ4v) is 4.73. The highest BCUT2D eigenvalue weighted by atomic mass is 16.7. The molecular formula is C28H38N6O5. The Hall–Kier alpha value is -3.38. The highest BCUT2D eigenvalue weighted by Crippen LogP contribution is 2.44. The summed E-state index contributed by atoms with van der Waals surface area (Å²) in [6.45, 7) is 6.27. The van der Waals surface area contributed by atoms with E-state index in [9.17, 15) is 0 Å². The molecule has 3 N–H and O–H groups in total. The number of hydrogen-bond donors (Lipinski definition) is 3. The van der Waals surface area contributed by atoms with Crippen molar-refractivity contribution in [3.63, 3.8) is 0 Å². The lowest BCUT2D eigenvalue weighted by Gasteiger charge is -2.21. The Balaban J connectivity index is 1.47. The molecule has 0 radical (unpaired) electrons. The number of ether oxygens (including phenoxy) is 4. The fraction of sp³-hybridized carbons (Fsp3) is 0.500. The number of rotatable bonds is 7. The van der Waals surface area contributed by atoms with Crippen molar-refractivity contribution in [2.24, 2.45) is 0 Å². The van der Waals surface area contributed by atoms with E-state index in [0.717, 1.165) is 67.7 Å². The number of nitrogens with zero attached hydrogens (tertiary/aromatic N) is 4. The first-order chi connectivity index (χ1) is 19.1. The lowest BCUT2D eigenvalue weighted by atomic mass is 10.1. The van der Waals surface area contributed by atoms with Crippen molar-refractivity contribution in [3.8, 4) is 23.0 Å². The summed E-state index contributed by atoms with van der Waals surface area (Å²) in [7, 11) is 4.10. The van der Waals surface area contributed by atoms with Crippen LogP contribution in [0.5, 0.6) is 23.0 Å². The summed E-state index contributed by atoms with van der Waals surface area (Å²) in [5, 5.41) is 17.0. The van der Waals surface area contributed by atoms with E-state index >= 15 is 0 Å². The van der Waals surface area contributed by atoms with Gasteiger partial charge in [0, 0.05) is 44.2 Å². The van der Waals surface area contributed by atoms with Crippen LogP contribution in [0, 0.1) is 0 Å². The first-order valence-corrected chi connectivity index (χ1v) is 13.5. The molecule has 2 aromatic carbocycles. The van der Waals surface area contributed by atoms with E-state index in [-0.39, 0.29) is 13.4 Å². The maximum absolute atomic E-state index is 9.12. The quantitative estimate of drug-likeness (QED) is 0.386. The van der Waals surface area contributed by atoms with E-state index in [4.69, 9.17) is 24.1 Å². The van der Waals surface area contributed by atoms with Crippen LogP contribution < -0.4 is 29.6 Å². The van der Waals surface area contributed by atoms with E-state index < -0.39 is 0 Å². The molecule has 2 aliphatic rings. The van der Waals surface area contributed by atoms with Gasteiger partial charge in [-0.3, -0.25) is 0 Å². The first kappa shape index (κ1) is 27.2. The van der Waals surface area contributed by atoms with E-state index in [1.54, 1.807) is 6.33 Å². The maximum atomic E-state index is 9.12. The average Bonchev–Trinajstić information content (AvgIpc) is 3.41. The van der Waals surface area contributed by atoms with Gasteiger partial charge in [-0.05, 0) is 51.2 Å². The number of hydrogen-bond acceptors (Lipinski definition) is 11. The number of fused-ring (bicyclic) bond motifs is 4. The number of likely N-dealkylation sites (N-methyl/N-ethyl adjacent to an activating group) is 2. The first-order valence-electron chi connectivity index (χ1n) is 13.5. The normalized spacial score (nSPS) is 16.2. The van der Waals surface area contributed by atoms with Crippen LogP contribution in [0.1, 0.15) is 18.4 Å². The van der Waals surface area contributed by atoms with Crippen LogP contribution in [0.15, 0.2) is 30.6 Å². The van der Waals surface area contributed by atoms with E-state index in [2.05, 4.69) is 43.5 Å². The van der Waals surface area contributed by atoms with Crippen molar-refractivity contribution in [3.05, 3.63) is 36.2 Å². The molecule has 0 aliphatic carbocycles. The molecule has 0 saturated carbocycles. The molecule has 2 aliphatic heterocycles. The highest BCUT2D eigenvalue weighted by Gasteiger charge is 2.23. The van der Waals surface area contributed by atoms with Gasteiger partial charge in [-0.2, -0.15) is 0 Å². The summed E-state index contributed by atoms with van der Waals surface area (Å²) < 4.78 is 24.0. The smallest absolute Gasteiger partial charge is 0.231 e. The predicted octanol–water partition coefficient (Wildman–Crippen LogP) is 2.60. The maximum Gasteiger partial charge on any atom is 0.231 e. The topological polar surface area (TPSA) is 113 Å². The molecule has 0 unspecified atom stereocenters. The third kappa shape index (κ3) is 6.80. The molecule has 39 heavy (non-hydrogen) atoms. The van der Waals surface area contributed by atoms with Gasteiger partial charge < -0.3 is 44.5 Å². The van der Waals surface area contributed by atoms with Crippen molar-refractivity contribution in [2.45, 2.75) is 19.4 Å². The van der Waals surface area contributed by atoms with Crippen LogP contribution in [0.25, 0.3) is 10.9 Å². The number of anilines is 2. The molecule has 11 heteroatoms. The zero-order chi connectivity index (χ0) is 27.0. The largest absolute Gasteiger partial charge is 0.490 e. The molecule has 0 atom stereocenters. The van der Waals surface area contributed by atoms with Crippen LogP contribution in [0.3, 0.4) is 0 Å². The molecule has 0 saturated heterocycles. The minimum absolute atomic E-state index is 0.147. The zero-order valence-electron chi connectivity index (χ0n) is 22.7. The SMILES string of the molecule is CN(CCO)CCCOc1cc2ncnc3c2cc1OCCCNCCN(C)Cc1ccc2c(c1N3)OCO2. The van der Waals surface area contributed by atoms with Gasteiger partial charge in [0.1, 0.15) is 12.1 Å². The van der Waals surface area contributed by atoms with Gasteiger partial charge >= 0.3 is 0 Å². The molecule has 0 amide bonds. The Morgan fingerprint density at radius 3 is 2.92 bits per heavy atom. The average molecular weight is 539 g/mol. The van der Waals surface area contributed by atoms with Crippen molar-refractivity contribution in [2.75, 3.05) is 78.7 Å². The summed E-state index contributed by atoms with van der Waals surface area (Å²) in [6.07, 6.45) is 3.25. The van der Waals surface area contributed by atoms with Crippen LogP contribution in [0.2, 0.25) is 0 Å². The minimum Gasteiger partial charge on any atom is -0.490 e. The third-order valence-electron chi connectivity index (χ3n) is 6.86. The Kier molecular flexibility index (Phi) is 9.15. The summed E-state index contributed by atoms with van der Waals surface area (Å²) >= 11 is 0. The van der Waals surface area contributed by atoms with Gasteiger partial charge in [-0.1, -0.05) is 6.07 Å². The standard InChI is InChI=1S/C28H38N6O5/c1-33(11-12-35)9-4-14-37-25-16-22-21-15-24(25)36-13-3-7-29-8-10-34(2)17-20-5-6-23-27(39-19-38-23)26(20)32-28(21)31-18-30-22/h5-6,15-16,18,29,35H,3-4,7-14,17,19H2,1-2H3,(H,30,31,32). The number of aromatic nitrogens is 2. The number of aliphatic hydroxyl groups excluding tert-OH is 1. The molecule has 5 rings (SSSR count). The molecule has 11 nitrogen and oxygen atoms in total. The van der Waals surface area contributed by atoms with Crippen LogP contribution in [-0.4, -0.2) is 98.3 Å². The molecule has 3 heterocycles. The van der Waals surface area contributed by atoms with E-state index in [0.29, 0.717) is 48.6 Å². The summed E-state index contributed by atoms with van der Waals surface area (Å²) in [5.41, 5.74) is 2.67. The van der Waals surface area contributed by atoms with Crippen molar-refractivity contribution in [1.29, 1.82) is 0 Å². The Labute approximate surface area is 229 Å². The monoisotopic (exact) mass is 538 g/mol. The van der Waals surface area contributed by atoms with Crippen molar-refractivity contribution < 1.29 is 24.1 Å². The van der Waals surface area contributed by atoms with Crippen LogP contribution in [0.4, 0.5) is 11.5 Å². The van der Waals surface area contributed by atoms with Gasteiger partial charge in [-0.25, -0.2) is 9.97 Å². The number of aliphatic hydroxyl groups is 1. The number of nitrogens with one attached hydrogen (secondary N) is 2. The van der Waals surface area contributed by atoms with Gasteiger partial charge in [0.25, 0.3) is 0 Å². The molecule has 210 valence electrons. The van der Waals surface area contributed by atoms with Crippen LogP contribution >= 0.6 is 0 Å². The number of benzene rings is 2. The molecular weight excluding hydrogens is 500 g/mol. The Bertz CT molecular complexity index is 1260. The van der Waals surface area contributed by atoms with E-state index in [1.807, 2.05) is 25.2 Å². The van der Waals surface area contributed by atoms with Gasteiger partial charge in [-0.15, -0.1) is 0 Å². The second-order valence-electron chi connectivity index (χ2n) is 9.92. The predicted molar refractivity (Wildman–Crippen MR) is 149 cm³/mol. The second kappa shape index (κ2) is 13.1. The molecule has 0 fully saturated rings. The van der Waals surface area contributed by atoms with E-state index in [1.165, 1.54) is 0 Å². The molecule has 2 bridgehead atoms. The zero-order valence-corrected chi connectivity index (χ0v) is 22.7. The van der Waals surface area contributed by atoms with Crippen molar-refractivity contribution >= 4 is 22.4 Å². The van der Waals surface area contributed by atoms with Crippen molar-refractivity contribution in [1.82, 2.24) is 25.1 Å². The Morgan fingerprint density at radius 1 is 1.10 bits per heavy atom. The highest BCUT2D eigenvalue weighted by molar-refractivity contribution is 5.94. The second-order valence-corrected chi connectivity index (χ2v) is 9.92. The van der Waals surface area contributed by atoms with Gasteiger partial charge in [0.05, 0.1) is 31.0 Å².